The van der Waals surface area contributed by atoms with E-state index in [0.29, 0.717) is 6.54 Å². The lowest BCUT2D eigenvalue weighted by molar-refractivity contribution is -0.384. The summed E-state index contributed by atoms with van der Waals surface area (Å²) in [5.41, 5.74) is 2.16. The second kappa shape index (κ2) is 6.33. The van der Waals surface area contributed by atoms with Crippen molar-refractivity contribution >= 4 is 27.5 Å². The van der Waals surface area contributed by atoms with Gasteiger partial charge in [0.15, 0.2) is 0 Å². The largest absolute Gasteiger partial charge is 0.351 e. The Kier molecular flexibility index (Phi) is 4.52. The van der Waals surface area contributed by atoms with Crippen molar-refractivity contribution in [3.63, 3.8) is 0 Å². The number of carbonyl (C=O) groups excluding carboxylic acids is 1. The van der Waals surface area contributed by atoms with E-state index < -0.39 is 4.92 Å². The number of nitro groups is 1. The molecule has 0 saturated heterocycles. The maximum atomic E-state index is 11.8. The number of carbonyl (C=O) groups is 1. The van der Waals surface area contributed by atoms with Gasteiger partial charge in [-0.15, -0.1) is 0 Å². The van der Waals surface area contributed by atoms with Gasteiger partial charge < -0.3 is 10.3 Å². The minimum atomic E-state index is -0.549. The Morgan fingerprint density at radius 1 is 1.30 bits per heavy atom. The third-order valence-electron chi connectivity index (χ3n) is 2.75. The molecule has 0 aliphatic rings. The fraction of sp³-hybridized carbons (Fsp3) is 0.154. The van der Waals surface area contributed by atoms with E-state index in [1.165, 1.54) is 12.3 Å². The number of nitrogens with zero attached hydrogens (tertiary/aromatic N) is 1. The maximum Gasteiger partial charge on any atom is 0.287 e. The van der Waals surface area contributed by atoms with Gasteiger partial charge in [-0.05, 0) is 11.1 Å². The molecule has 0 atom stereocenters. The van der Waals surface area contributed by atoms with Crippen LogP contribution in [0.15, 0.2) is 36.5 Å². The number of H-pyrrole nitrogens is 1. The average molecular weight is 338 g/mol. The molecule has 7 heteroatoms. The molecule has 2 aromatic rings. The number of halogens is 1. The lowest BCUT2D eigenvalue weighted by Crippen LogP contribution is -2.23. The number of benzene rings is 1. The van der Waals surface area contributed by atoms with Gasteiger partial charge in [-0.3, -0.25) is 14.9 Å². The Bertz CT molecular complexity index is 622. The minimum absolute atomic E-state index is 0.128. The Hall–Kier alpha value is -2.15. The van der Waals surface area contributed by atoms with Crippen LogP contribution in [0.1, 0.15) is 21.6 Å². The Labute approximate surface area is 123 Å². The van der Waals surface area contributed by atoms with Crippen LogP contribution in [0.5, 0.6) is 0 Å². The topological polar surface area (TPSA) is 88.0 Å². The molecule has 104 valence electrons. The number of alkyl halides is 1. The first kappa shape index (κ1) is 14.3. The van der Waals surface area contributed by atoms with Crippen molar-refractivity contribution in [2.45, 2.75) is 11.9 Å². The van der Waals surface area contributed by atoms with Crippen LogP contribution in [0, 0.1) is 10.1 Å². The molecule has 2 rings (SSSR count). The fourth-order valence-corrected chi connectivity index (χ4v) is 2.02. The second-order valence-electron chi connectivity index (χ2n) is 4.16. The lowest BCUT2D eigenvalue weighted by Gasteiger charge is -2.04. The standard InChI is InChI=1S/C13H12BrN3O3/c14-6-9-1-3-10(4-2-9)7-16-13(18)12-5-11(8-15-12)17(19)20/h1-5,8,15H,6-7H2,(H,16,18). The van der Waals surface area contributed by atoms with E-state index in [9.17, 15) is 14.9 Å². The molecule has 0 spiro atoms. The van der Waals surface area contributed by atoms with E-state index >= 15 is 0 Å². The molecule has 0 bridgehead atoms. The first-order chi connectivity index (χ1) is 9.60. The van der Waals surface area contributed by atoms with Crippen LogP contribution in [-0.2, 0) is 11.9 Å². The summed E-state index contributed by atoms with van der Waals surface area (Å²) in [6.45, 7) is 0.369. The smallest absolute Gasteiger partial charge is 0.287 e. The first-order valence-corrected chi connectivity index (χ1v) is 6.97. The highest BCUT2D eigenvalue weighted by molar-refractivity contribution is 9.08. The van der Waals surface area contributed by atoms with Crippen molar-refractivity contribution in [1.82, 2.24) is 10.3 Å². The van der Waals surface area contributed by atoms with E-state index in [2.05, 4.69) is 26.2 Å². The monoisotopic (exact) mass is 337 g/mol. The minimum Gasteiger partial charge on any atom is -0.351 e. The number of aromatic amines is 1. The van der Waals surface area contributed by atoms with Gasteiger partial charge in [-0.25, -0.2) is 0 Å². The zero-order valence-electron chi connectivity index (χ0n) is 10.4. The quantitative estimate of drug-likeness (QED) is 0.499. The Morgan fingerprint density at radius 2 is 1.95 bits per heavy atom. The number of amides is 1. The molecule has 1 amide bonds. The van der Waals surface area contributed by atoms with E-state index in [4.69, 9.17) is 0 Å². The average Bonchev–Trinajstić information content (AvgIpc) is 2.95. The third kappa shape index (κ3) is 3.45. The van der Waals surface area contributed by atoms with Gasteiger partial charge in [0.2, 0.25) is 0 Å². The predicted octanol–water partition coefficient (Wildman–Crippen LogP) is 2.75. The molecule has 2 N–H and O–H groups in total. The Balaban J connectivity index is 1.95. The van der Waals surface area contributed by atoms with Gasteiger partial charge in [0.1, 0.15) is 5.69 Å². The summed E-state index contributed by atoms with van der Waals surface area (Å²) in [6, 6.07) is 9.00. The number of nitrogens with one attached hydrogen (secondary N) is 2. The Morgan fingerprint density at radius 3 is 2.50 bits per heavy atom. The molecular formula is C13H12BrN3O3. The van der Waals surface area contributed by atoms with Gasteiger partial charge in [-0.2, -0.15) is 0 Å². The normalized spacial score (nSPS) is 10.2. The summed E-state index contributed by atoms with van der Waals surface area (Å²) in [5.74, 6) is -0.373. The van der Waals surface area contributed by atoms with E-state index in [0.717, 1.165) is 16.5 Å². The fourth-order valence-electron chi connectivity index (χ4n) is 1.64. The molecule has 1 aromatic heterocycles. The molecule has 0 fully saturated rings. The van der Waals surface area contributed by atoms with E-state index in [1.807, 2.05) is 24.3 Å². The van der Waals surface area contributed by atoms with Crippen molar-refractivity contribution < 1.29 is 9.72 Å². The van der Waals surface area contributed by atoms with Gasteiger partial charge in [0.05, 0.1) is 11.1 Å². The zero-order chi connectivity index (χ0) is 14.5. The molecule has 1 heterocycles. The highest BCUT2D eigenvalue weighted by atomic mass is 79.9. The number of hydrogen-bond acceptors (Lipinski definition) is 3. The van der Waals surface area contributed by atoms with Crippen LogP contribution >= 0.6 is 15.9 Å². The summed E-state index contributed by atoms with van der Waals surface area (Å²) in [4.78, 5) is 24.4. The van der Waals surface area contributed by atoms with E-state index in [1.54, 1.807) is 0 Å². The van der Waals surface area contributed by atoms with Crippen LogP contribution < -0.4 is 5.32 Å². The molecule has 6 nitrogen and oxygen atoms in total. The molecule has 0 aliphatic carbocycles. The highest BCUT2D eigenvalue weighted by Crippen LogP contribution is 2.12. The van der Waals surface area contributed by atoms with Crippen molar-refractivity contribution in [3.05, 3.63) is 63.5 Å². The first-order valence-electron chi connectivity index (χ1n) is 5.85. The van der Waals surface area contributed by atoms with Crippen molar-refractivity contribution in [2.24, 2.45) is 0 Å². The molecular weight excluding hydrogens is 326 g/mol. The number of hydrogen-bond donors (Lipinski definition) is 2. The summed E-state index contributed by atoms with van der Waals surface area (Å²) in [5, 5.41) is 14.0. The van der Waals surface area contributed by atoms with Gasteiger partial charge in [0, 0.05) is 17.9 Å². The molecule has 0 radical (unpaired) electrons. The van der Waals surface area contributed by atoms with E-state index in [-0.39, 0.29) is 17.3 Å². The highest BCUT2D eigenvalue weighted by Gasteiger charge is 2.13. The van der Waals surface area contributed by atoms with Crippen molar-refractivity contribution in [1.29, 1.82) is 0 Å². The van der Waals surface area contributed by atoms with Crippen molar-refractivity contribution in [2.75, 3.05) is 0 Å². The maximum absolute atomic E-state index is 11.8. The van der Waals surface area contributed by atoms with Gasteiger partial charge in [0.25, 0.3) is 11.6 Å². The second-order valence-corrected chi connectivity index (χ2v) is 4.72. The van der Waals surface area contributed by atoms with Crippen LogP contribution in [0.2, 0.25) is 0 Å². The summed E-state index contributed by atoms with van der Waals surface area (Å²) in [6.07, 6.45) is 1.19. The van der Waals surface area contributed by atoms with Crippen LogP contribution in [0.3, 0.4) is 0 Å². The lowest BCUT2D eigenvalue weighted by atomic mass is 10.1. The molecule has 1 aromatic carbocycles. The molecule has 0 saturated carbocycles. The summed E-state index contributed by atoms with van der Waals surface area (Å²) in [7, 11) is 0. The van der Waals surface area contributed by atoms with Crippen LogP contribution in [0.4, 0.5) is 5.69 Å². The molecule has 0 unspecified atom stereocenters. The van der Waals surface area contributed by atoms with Gasteiger partial charge in [-0.1, -0.05) is 40.2 Å². The zero-order valence-corrected chi connectivity index (χ0v) is 12.0. The SMILES string of the molecule is O=C(NCc1ccc(CBr)cc1)c1cc([N+](=O)[O-])c[nH]1. The predicted molar refractivity (Wildman–Crippen MR) is 77.7 cm³/mol. The summed E-state index contributed by atoms with van der Waals surface area (Å²) < 4.78 is 0. The number of aromatic nitrogens is 1. The summed E-state index contributed by atoms with van der Waals surface area (Å²) >= 11 is 3.36. The molecule has 20 heavy (non-hydrogen) atoms. The van der Waals surface area contributed by atoms with Gasteiger partial charge >= 0.3 is 0 Å². The molecule has 0 aliphatic heterocycles. The van der Waals surface area contributed by atoms with Crippen LogP contribution in [-0.4, -0.2) is 15.8 Å². The number of rotatable bonds is 5. The van der Waals surface area contributed by atoms with Crippen LogP contribution in [0.25, 0.3) is 0 Å². The van der Waals surface area contributed by atoms with Crippen molar-refractivity contribution in [3.8, 4) is 0 Å². The third-order valence-corrected chi connectivity index (χ3v) is 3.40.